The number of benzene rings is 6. The standard InChI is InChI=1S/C38H24B9N2P2/c1-3-12-25(13-4-1)38(26-14-5-2-6-15-26)28-17-9-11-23-21-24-22-32(50(43-39-44(50)47(43)50)48-51-40-45(51)46(51)41-51)33-27-16-7-8-19-30(27)49-31-20-10-18-29(38)36(31)42(34(23)28)35(24)37(33)49/h1-20,22,48H,21H2/q-2. The monoisotopic (exact) mass is 669 g/mol. The molecule has 0 unspecified atom stereocenters. The third-order valence-electron chi connectivity index (χ3n) is 16.2. The fraction of sp³-hybridized carbons (Fsp3) is 0.0526. The van der Waals surface area contributed by atoms with Crippen LogP contribution >= 0.6 is 12.7 Å². The van der Waals surface area contributed by atoms with Gasteiger partial charge in [0.1, 0.15) is 0 Å². The van der Waals surface area contributed by atoms with Crippen LogP contribution in [0, 0.1) is 0 Å². The Balaban J connectivity index is 1.09. The molecule has 5 radical (unpaired) electrons. The average Bonchev–Trinajstić information content (AvgIpc) is 4.13. The Hall–Kier alpha value is -3.48. The van der Waals surface area contributed by atoms with Gasteiger partial charge in [-0.05, 0) is 0 Å². The van der Waals surface area contributed by atoms with E-state index in [2.05, 4.69) is 153 Å². The van der Waals surface area contributed by atoms with E-state index in [1.807, 2.05) is 0 Å². The summed E-state index contributed by atoms with van der Waals surface area (Å²) in [6, 6.07) is 49.7. The van der Waals surface area contributed by atoms with E-state index in [1.165, 1.54) is 55.4 Å². The van der Waals surface area contributed by atoms with Crippen LogP contribution in [0.25, 0.3) is 27.5 Å². The molecular formula is C38H24B9N2P2-2. The second-order valence-electron chi connectivity index (χ2n) is 17.5. The Morgan fingerprint density at radius 1 is 0.706 bits per heavy atom. The Kier molecular flexibility index (Phi) is 3.79. The van der Waals surface area contributed by atoms with Crippen LogP contribution in [0.4, 0.5) is 0 Å². The van der Waals surface area contributed by atoms with Crippen LogP contribution in [-0.4, -0.2) is 63.2 Å². The van der Waals surface area contributed by atoms with Crippen molar-refractivity contribution in [2.45, 2.75) is 11.8 Å². The Bertz CT molecular complexity index is 2900. The van der Waals surface area contributed by atoms with Crippen LogP contribution in [-0.2, 0) is 11.8 Å². The van der Waals surface area contributed by atoms with E-state index in [9.17, 15) is 0 Å². The van der Waals surface area contributed by atoms with Gasteiger partial charge in [0.05, 0.1) is 0 Å². The van der Waals surface area contributed by atoms with E-state index in [0.717, 1.165) is 37.5 Å². The van der Waals surface area contributed by atoms with Gasteiger partial charge >= 0.3 is 303 Å². The molecule has 51 heavy (non-hydrogen) atoms. The molecule has 1 aromatic heterocycles. The summed E-state index contributed by atoms with van der Waals surface area (Å²) in [5.41, 5.74) is 17.3. The van der Waals surface area contributed by atoms with Crippen molar-refractivity contribution in [2.24, 2.45) is 0 Å². The van der Waals surface area contributed by atoms with Gasteiger partial charge in [0.2, 0.25) is 0 Å². The number of hydrogen-bond acceptors (Lipinski definition) is 1. The first-order valence-electron chi connectivity index (χ1n) is 19.0. The first-order valence-corrected chi connectivity index (χ1v) is 24.0. The van der Waals surface area contributed by atoms with Gasteiger partial charge in [-0.1, -0.05) is 0 Å². The quantitative estimate of drug-likeness (QED) is 0.220. The number of aromatic nitrogens is 1. The number of fused-ring (bicyclic) bond motifs is 5. The van der Waals surface area contributed by atoms with Crippen molar-refractivity contribution in [3.05, 3.63) is 161 Å². The van der Waals surface area contributed by atoms with E-state index in [4.69, 9.17) is 4.86 Å². The van der Waals surface area contributed by atoms with Crippen molar-refractivity contribution in [3.63, 3.8) is 0 Å². The zero-order chi connectivity index (χ0) is 32.5. The topological polar surface area (TPSA) is 17.0 Å². The summed E-state index contributed by atoms with van der Waals surface area (Å²) < 4.78 is 2.75. The fourth-order valence-electron chi connectivity index (χ4n) is 13.8. The predicted octanol–water partition coefficient (Wildman–Crippen LogP) is 3.57. The van der Waals surface area contributed by atoms with Crippen LogP contribution in [0.1, 0.15) is 33.4 Å². The van der Waals surface area contributed by atoms with Crippen LogP contribution in [0.2, 0.25) is 0 Å². The molecule has 13 heteroatoms. The molecule has 0 aliphatic carbocycles. The molecule has 2 bridgehead atoms. The molecule has 10 aliphatic heterocycles. The van der Waals surface area contributed by atoms with E-state index in [0.29, 0.717) is 0 Å². The van der Waals surface area contributed by atoms with E-state index >= 15 is 0 Å². The van der Waals surface area contributed by atoms with Crippen molar-refractivity contribution in [1.29, 1.82) is 0 Å². The maximum atomic E-state index is 4.82. The van der Waals surface area contributed by atoms with Crippen molar-refractivity contribution in [3.8, 4) is 5.69 Å². The molecule has 7 aromatic rings. The van der Waals surface area contributed by atoms with Crippen molar-refractivity contribution >= 4 is 115 Å². The first-order chi connectivity index (χ1) is 25.2. The van der Waals surface area contributed by atoms with E-state index < -0.39 is 18.1 Å². The molecule has 1 N–H and O–H groups in total. The second kappa shape index (κ2) is 7.35. The van der Waals surface area contributed by atoms with Gasteiger partial charge in [0.15, 0.2) is 0 Å². The zero-order valence-electron chi connectivity index (χ0n) is 27.9. The van der Waals surface area contributed by atoms with Crippen LogP contribution in [0.15, 0.2) is 127 Å². The molecule has 17 rings (SSSR count). The summed E-state index contributed by atoms with van der Waals surface area (Å²) in [5, 5.41) is 4.85. The van der Waals surface area contributed by atoms with Crippen molar-refractivity contribution in [2.75, 3.05) is 0 Å². The van der Waals surface area contributed by atoms with Gasteiger partial charge in [-0.25, -0.2) is 0 Å². The van der Waals surface area contributed by atoms with Crippen molar-refractivity contribution < 1.29 is 0 Å². The molecule has 0 saturated carbocycles. The van der Waals surface area contributed by atoms with Gasteiger partial charge < -0.3 is 0 Å². The number of nitrogens with zero attached hydrogens (tertiary/aromatic N) is 1. The average molecular weight is 668 g/mol. The number of para-hydroxylation sites is 1. The Morgan fingerprint density at radius 2 is 1.39 bits per heavy atom. The Morgan fingerprint density at radius 3 is 2.06 bits per heavy atom. The minimum absolute atomic E-state index is 0.231. The molecule has 225 valence electrons. The Labute approximate surface area is 301 Å². The van der Waals surface area contributed by atoms with Crippen LogP contribution < -0.4 is 26.6 Å². The van der Waals surface area contributed by atoms with E-state index in [1.54, 1.807) is 27.2 Å². The molecular weight excluding hydrogens is 644 g/mol. The first kappa shape index (κ1) is 26.3. The molecule has 11 heterocycles. The summed E-state index contributed by atoms with van der Waals surface area (Å²) in [6.45, 7) is 5.81. The van der Waals surface area contributed by atoms with E-state index in [-0.39, 0.29) is 6.71 Å². The second-order valence-corrected chi connectivity index (χ2v) is 27.9. The van der Waals surface area contributed by atoms with Gasteiger partial charge in [-0.15, -0.1) is 0 Å². The molecule has 6 aromatic carbocycles. The molecule has 2 nitrogen and oxygen atoms in total. The van der Waals surface area contributed by atoms with Gasteiger partial charge in [0, 0.05) is 0 Å². The summed E-state index contributed by atoms with van der Waals surface area (Å²) in [6.07, 6.45) is 1.62. The maximum absolute atomic E-state index is 4.82. The van der Waals surface area contributed by atoms with Gasteiger partial charge in [-0.3, -0.25) is 0 Å². The zero-order valence-corrected chi connectivity index (χ0v) is 29.7. The summed E-state index contributed by atoms with van der Waals surface area (Å²) in [7, 11) is 2.75. The summed E-state index contributed by atoms with van der Waals surface area (Å²) in [4.78, 5) is 4.82. The van der Waals surface area contributed by atoms with Crippen LogP contribution in [0.3, 0.4) is 0 Å². The van der Waals surface area contributed by atoms with Crippen molar-refractivity contribution in [1.82, 2.24) is 9.42 Å². The SMILES string of the molecule is [B]1B2B3[B-]P123NP12(c3cc4c5c6c3c3ccccc3n6-c3cccc6c3B5c3c(cccc3C6(c3ccccc3)c3ccccc3)C4)B3[B-]B1B32. The number of nitrogens with one attached hydrogen (secondary N) is 1. The van der Waals surface area contributed by atoms with Crippen LogP contribution in [0.5, 0.6) is 0 Å². The van der Waals surface area contributed by atoms with Gasteiger partial charge in [0.25, 0.3) is 0 Å². The molecule has 7 saturated heterocycles. The number of rotatable bonds is 5. The third-order valence-corrected chi connectivity index (χ3v) is 30.6. The molecule has 0 amide bonds. The molecule has 0 atom stereocenters. The summed E-state index contributed by atoms with van der Waals surface area (Å²) in [5.74, 6) is 0. The molecule has 10 aliphatic rings. The molecule has 1 spiro atoms. The van der Waals surface area contributed by atoms with Gasteiger partial charge in [-0.2, -0.15) is 0 Å². The normalized spacial score (nSPS) is 24.9. The minimum atomic E-state index is -2.19. The third kappa shape index (κ3) is 2.27. The number of hydrogen-bond donors (Lipinski definition) is 1. The fourth-order valence-corrected chi connectivity index (χ4v) is 33.3. The summed E-state index contributed by atoms with van der Waals surface area (Å²) >= 11 is 0. The predicted molar refractivity (Wildman–Crippen MR) is 229 cm³/mol. The molecule has 7 fully saturated rings.